The molecule has 0 aliphatic carbocycles. The van der Waals surface area contributed by atoms with Crippen molar-refractivity contribution < 1.29 is 19.0 Å². The molecule has 0 saturated heterocycles. The standard InChI is InChI=1S/C11H15FN4O3/c1-7(17)6-19-10-5-8(12)3-4-9(10)16(15-13)11(18)14-2/h3-5,7,13,17H,6H2,1-2H3,(H,14,18)/t7-/m0/s1. The summed E-state index contributed by atoms with van der Waals surface area (Å²) in [6, 6.07) is 2.77. The fourth-order valence-electron chi connectivity index (χ4n) is 1.30. The molecule has 8 heteroatoms. The molecule has 1 rings (SSSR count). The third-order valence-corrected chi connectivity index (χ3v) is 2.14. The molecule has 0 heterocycles. The van der Waals surface area contributed by atoms with Crippen molar-refractivity contribution in [2.24, 2.45) is 5.22 Å². The Balaban J connectivity index is 3.10. The van der Waals surface area contributed by atoms with E-state index in [2.05, 4.69) is 10.5 Å². The van der Waals surface area contributed by atoms with Crippen molar-refractivity contribution in [1.29, 1.82) is 5.53 Å². The van der Waals surface area contributed by atoms with Gasteiger partial charge in [0.05, 0.1) is 6.10 Å². The highest BCUT2D eigenvalue weighted by Gasteiger charge is 2.19. The molecule has 104 valence electrons. The first-order valence-electron chi connectivity index (χ1n) is 5.49. The van der Waals surface area contributed by atoms with Gasteiger partial charge in [0.2, 0.25) is 0 Å². The number of rotatable bonds is 5. The monoisotopic (exact) mass is 270 g/mol. The molecule has 2 amide bonds. The van der Waals surface area contributed by atoms with Crippen LogP contribution in [0.3, 0.4) is 0 Å². The largest absolute Gasteiger partial charge is 0.489 e. The molecule has 7 nitrogen and oxygen atoms in total. The molecule has 0 aliphatic rings. The Bertz CT molecular complexity index is 467. The summed E-state index contributed by atoms with van der Waals surface area (Å²) in [4.78, 5) is 11.5. The second-order valence-corrected chi connectivity index (χ2v) is 3.74. The lowest BCUT2D eigenvalue weighted by molar-refractivity contribution is 0.123. The van der Waals surface area contributed by atoms with Crippen LogP contribution in [0, 0.1) is 11.3 Å². The molecule has 1 aromatic carbocycles. The third-order valence-electron chi connectivity index (χ3n) is 2.14. The van der Waals surface area contributed by atoms with Crippen LogP contribution in [0.4, 0.5) is 14.9 Å². The summed E-state index contributed by atoms with van der Waals surface area (Å²) in [5.41, 5.74) is 7.10. The topological polar surface area (TPSA) is 98.0 Å². The average molecular weight is 270 g/mol. The van der Waals surface area contributed by atoms with Crippen molar-refractivity contribution in [2.45, 2.75) is 13.0 Å². The van der Waals surface area contributed by atoms with Gasteiger partial charge >= 0.3 is 6.03 Å². The normalized spacial score (nSPS) is 11.6. The molecule has 0 aliphatic heterocycles. The maximum Gasteiger partial charge on any atom is 0.343 e. The van der Waals surface area contributed by atoms with Gasteiger partial charge in [-0.15, -0.1) is 0 Å². The summed E-state index contributed by atoms with van der Waals surface area (Å²) in [5.74, 6) is -0.549. The number of carbonyl (C=O) groups excluding carboxylic acids is 1. The molecule has 0 bridgehead atoms. The van der Waals surface area contributed by atoms with Crippen LogP contribution in [0.5, 0.6) is 5.75 Å². The molecule has 0 saturated carbocycles. The maximum atomic E-state index is 13.2. The zero-order chi connectivity index (χ0) is 14.4. The smallest absolute Gasteiger partial charge is 0.343 e. The Labute approximate surface area is 109 Å². The Hall–Kier alpha value is -2.22. The number of ether oxygens (including phenoxy) is 1. The van der Waals surface area contributed by atoms with Crippen LogP contribution in [-0.4, -0.2) is 30.9 Å². The van der Waals surface area contributed by atoms with Gasteiger partial charge in [-0.2, -0.15) is 10.5 Å². The maximum absolute atomic E-state index is 13.2. The van der Waals surface area contributed by atoms with E-state index in [1.54, 1.807) is 0 Å². The number of hydrogen-bond donors (Lipinski definition) is 3. The Morgan fingerprint density at radius 2 is 2.37 bits per heavy atom. The van der Waals surface area contributed by atoms with Gasteiger partial charge in [0.1, 0.15) is 23.9 Å². The van der Waals surface area contributed by atoms with Crippen LogP contribution in [0.2, 0.25) is 0 Å². The first-order valence-corrected chi connectivity index (χ1v) is 5.49. The number of aliphatic hydroxyl groups is 1. The first-order chi connectivity index (χ1) is 8.99. The number of amides is 2. The summed E-state index contributed by atoms with van der Waals surface area (Å²) in [7, 11) is 1.38. The Kier molecular flexibility index (Phi) is 5.19. The molecule has 19 heavy (non-hydrogen) atoms. The molecule has 0 unspecified atom stereocenters. The third kappa shape index (κ3) is 3.88. The molecule has 1 atom stereocenters. The van der Waals surface area contributed by atoms with Gasteiger partial charge in [-0.05, 0) is 19.1 Å². The highest BCUT2D eigenvalue weighted by atomic mass is 19.1. The number of nitrogens with one attached hydrogen (secondary N) is 2. The van der Waals surface area contributed by atoms with Crippen LogP contribution in [0.1, 0.15) is 6.92 Å². The first kappa shape index (κ1) is 14.8. The van der Waals surface area contributed by atoms with E-state index < -0.39 is 18.0 Å². The fraction of sp³-hybridized carbons (Fsp3) is 0.364. The lowest BCUT2D eigenvalue weighted by atomic mass is 10.2. The minimum absolute atomic E-state index is 0.0144. The number of aliphatic hydroxyl groups excluding tert-OH is 1. The summed E-state index contributed by atoms with van der Waals surface area (Å²) in [6.45, 7) is 1.43. The number of carbonyl (C=O) groups is 1. The molecule has 0 aromatic heterocycles. The molecule has 0 fully saturated rings. The number of urea groups is 1. The second-order valence-electron chi connectivity index (χ2n) is 3.74. The van der Waals surface area contributed by atoms with Gasteiger partial charge in [-0.1, -0.05) is 5.22 Å². The Morgan fingerprint density at radius 1 is 1.68 bits per heavy atom. The second kappa shape index (κ2) is 6.64. The average Bonchev–Trinajstić information content (AvgIpc) is 2.38. The molecule has 0 radical (unpaired) electrons. The number of benzene rings is 1. The fourth-order valence-corrected chi connectivity index (χ4v) is 1.30. The predicted octanol–water partition coefficient (Wildman–Crippen LogP) is 1.68. The molecule has 0 spiro atoms. The SMILES string of the molecule is CNC(=O)N(N=N)c1ccc(F)cc1OC[C@H](C)O. The van der Waals surface area contributed by atoms with Gasteiger partial charge in [0.15, 0.2) is 0 Å². The van der Waals surface area contributed by atoms with Crippen molar-refractivity contribution in [3.8, 4) is 5.75 Å². The highest BCUT2D eigenvalue weighted by molar-refractivity contribution is 5.92. The van der Waals surface area contributed by atoms with Crippen molar-refractivity contribution in [1.82, 2.24) is 5.32 Å². The van der Waals surface area contributed by atoms with Gasteiger partial charge in [-0.25, -0.2) is 9.18 Å². The van der Waals surface area contributed by atoms with Gasteiger partial charge < -0.3 is 15.2 Å². The number of halogens is 1. The minimum atomic E-state index is -0.752. The lowest BCUT2D eigenvalue weighted by Gasteiger charge is -2.18. The lowest BCUT2D eigenvalue weighted by Crippen LogP contribution is -2.34. The zero-order valence-electron chi connectivity index (χ0n) is 10.6. The summed E-state index contributed by atoms with van der Waals surface area (Å²) < 4.78 is 18.4. The van der Waals surface area contributed by atoms with Crippen LogP contribution >= 0.6 is 0 Å². The van der Waals surface area contributed by atoms with Crippen molar-refractivity contribution in [2.75, 3.05) is 18.7 Å². The van der Waals surface area contributed by atoms with Crippen LogP contribution < -0.4 is 15.1 Å². The Morgan fingerprint density at radius 3 is 2.89 bits per heavy atom. The number of anilines is 1. The summed E-state index contributed by atoms with van der Waals surface area (Å²) >= 11 is 0. The van der Waals surface area contributed by atoms with Crippen LogP contribution in [0.25, 0.3) is 0 Å². The minimum Gasteiger partial charge on any atom is -0.489 e. The van der Waals surface area contributed by atoms with Crippen LogP contribution in [-0.2, 0) is 0 Å². The van der Waals surface area contributed by atoms with Gasteiger partial charge in [0.25, 0.3) is 0 Å². The highest BCUT2D eigenvalue weighted by Crippen LogP contribution is 2.29. The van der Waals surface area contributed by atoms with E-state index in [4.69, 9.17) is 15.4 Å². The van der Waals surface area contributed by atoms with E-state index in [1.165, 1.54) is 20.0 Å². The van der Waals surface area contributed by atoms with Crippen molar-refractivity contribution in [3.63, 3.8) is 0 Å². The van der Waals surface area contributed by atoms with Gasteiger partial charge in [0, 0.05) is 13.1 Å². The van der Waals surface area contributed by atoms with E-state index in [0.717, 1.165) is 17.1 Å². The molecule has 1 aromatic rings. The predicted molar refractivity (Wildman–Crippen MR) is 65.7 cm³/mol. The van der Waals surface area contributed by atoms with Crippen molar-refractivity contribution in [3.05, 3.63) is 24.0 Å². The van der Waals surface area contributed by atoms with E-state index in [1.807, 2.05) is 0 Å². The van der Waals surface area contributed by atoms with E-state index in [9.17, 15) is 9.18 Å². The van der Waals surface area contributed by atoms with E-state index in [-0.39, 0.29) is 18.0 Å². The van der Waals surface area contributed by atoms with E-state index in [0.29, 0.717) is 0 Å². The molecular weight excluding hydrogens is 255 g/mol. The number of hydrogen-bond acceptors (Lipinski definition) is 5. The van der Waals surface area contributed by atoms with Crippen LogP contribution in [0.15, 0.2) is 23.4 Å². The molecule has 3 N–H and O–H groups in total. The summed E-state index contributed by atoms with van der Waals surface area (Å²) in [5, 5.41) is 15.2. The molecular formula is C11H15FN4O3. The van der Waals surface area contributed by atoms with Crippen molar-refractivity contribution >= 4 is 11.7 Å². The number of nitrogens with zero attached hydrogens (tertiary/aromatic N) is 2. The quantitative estimate of drug-likeness (QED) is 0.560. The zero-order valence-corrected chi connectivity index (χ0v) is 10.6. The van der Waals surface area contributed by atoms with E-state index >= 15 is 0 Å². The van der Waals surface area contributed by atoms with Gasteiger partial charge in [-0.3, -0.25) is 0 Å². The summed E-state index contributed by atoms with van der Waals surface area (Å²) in [6.07, 6.45) is -0.752.